The summed E-state index contributed by atoms with van der Waals surface area (Å²) in [5.41, 5.74) is -0.268. The molecule has 0 fully saturated rings. The third kappa shape index (κ3) is 2.13. The lowest BCUT2D eigenvalue weighted by molar-refractivity contribution is 0.180. The predicted octanol–water partition coefficient (Wildman–Crippen LogP) is 2.02. The van der Waals surface area contributed by atoms with E-state index in [-0.39, 0.29) is 12.4 Å². The number of halogens is 2. The molecule has 0 saturated heterocycles. The van der Waals surface area contributed by atoms with Crippen molar-refractivity contribution in [1.82, 2.24) is 5.32 Å². The van der Waals surface area contributed by atoms with Crippen molar-refractivity contribution in [2.75, 3.05) is 13.7 Å². The van der Waals surface area contributed by atoms with E-state index in [0.717, 1.165) is 0 Å². The molecule has 0 radical (unpaired) electrons. The van der Waals surface area contributed by atoms with Crippen LogP contribution >= 0.6 is 15.9 Å². The molecule has 0 aliphatic rings. The van der Waals surface area contributed by atoms with Gasteiger partial charge in [-0.3, -0.25) is 0 Å². The molecule has 1 rings (SSSR count). The van der Waals surface area contributed by atoms with E-state index in [9.17, 15) is 9.50 Å². The fraction of sp³-hybridized carbons (Fsp3) is 0.400. The van der Waals surface area contributed by atoms with Gasteiger partial charge in [0, 0.05) is 10.0 Å². The summed E-state index contributed by atoms with van der Waals surface area (Å²) in [4.78, 5) is 0. The van der Waals surface area contributed by atoms with Gasteiger partial charge in [-0.2, -0.15) is 0 Å². The zero-order valence-corrected chi connectivity index (χ0v) is 9.73. The van der Waals surface area contributed by atoms with Gasteiger partial charge < -0.3 is 10.4 Å². The first-order chi connectivity index (χ1) is 6.53. The standard InChI is InChI=1S/C10H13BrFNO/c1-10(6-14,13-2)8-4-3-7(11)5-9(8)12/h3-5,13-14H,6H2,1-2H3. The Morgan fingerprint density at radius 3 is 2.64 bits per heavy atom. The fourth-order valence-corrected chi connectivity index (χ4v) is 1.57. The first kappa shape index (κ1) is 11.6. The Hall–Kier alpha value is -0.450. The molecule has 14 heavy (non-hydrogen) atoms. The Balaban J connectivity index is 3.17. The Morgan fingerprint density at radius 2 is 2.21 bits per heavy atom. The molecule has 1 aromatic carbocycles. The summed E-state index contributed by atoms with van der Waals surface area (Å²) in [6.45, 7) is 1.60. The molecule has 1 aromatic rings. The highest BCUT2D eigenvalue weighted by Crippen LogP contribution is 2.25. The summed E-state index contributed by atoms with van der Waals surface area (Å²) in [5, 5.41) is 12.1. The third-order valence-electron chi connectivity index (χ3n) is 2.39. The quantitative estimate of drug-likeness (QED) is 0.873. The summed E-state index contributed by atoms with van der Waals surface area (Å²) in [5.74, 6) is -0.328. The molecular formula is C10H13BrFNO. The maximum absolute atomic E-state index is 13.5. The first-order valence-electron chi connectivity index (χ1n) is 4.29. The van der Waals surface area contributed by atoms with Gasteiger partial charge in [0.25, 0.3) is 0 Å². The van der Waals surface area contributed by atoms with E-state index >= 15 is 0 Å². The van der Waals surface area contributed by atoms with Crippen molar-refractivity contribution in [3.05, 3.63) is 34.1 Å². The summed E-state index contributed by atoms with van der Waals surface area (Å²) < 4.78 is 14.2. The zero-order valence-electron chi connectivity index (χ0n) is 8.14. The van der Waals surface area contributed by atoms with Crippen molar-refractivity contribution in [3.8, 4) is 0 Å². The van der Waals surface area contributed by atoms with E-state index in [4.69, 9.17) is 0 Å². The normalized spacial score (nSPS) is 15.2. The summed E-state index contributed by atoms with van der Waals surface area (Å²) in [6.07, 6.45) is 0. The van der Waals surface area contributed by atoms with E-state index < -0.39 is 5.54 Å². The van der Waals surface area contributed by atoms with Gasteiger partial charge in [-0.1, -0.05) is 22.0 Å². The van der Waals surface area contributed by atoms with Crippen LogP contribution in [0, 0.1) is 5.82 Å². The van der Waals surface area contributed by atoms with Gasteiger partial charge in [-0.25, -0.2) is 4.39 Å². The van der Waals surface area contributed by atoms with Crippen LogP contribution in [0.4, 0.5) is 4.39 Å². The van der Waals surface area contributed by atoms with Crippen LogP contribution in [0.3, 0.4) is 0 Å². The van der Waals surface area contributed by atoms with Gasteiger partial charge in [0.05, 0.1) is 12.1 Å². The number of rotatable bonds is 3. The van der Waals surface area contributed by atoms with Gasteiger partial charge in [-0.05, 0) is 26.1 Å². The molecule has 1 unspecified atom stereocenters. The predicted molar refractivity (Wildman–Crippen MR) is 57.6 cm³/mol. The van der Waals surface area contributed by atoms with Crippen LogP contribution < -0.4 is 5.32 Å². The number of hydrogen-bond donors (Lipinski definition) is 2. The smallest absolute Gasteiger partial charge is 0.129 e. The lowest BCUT2D eigenvalue weighted by Crippen LogP contribution is -2.41. The number of hydrogen-bond acceptors (Lipinski definition) is 2. The Labute approximate surface area is 91.3 Å². The number of aliphatic hydroxyl groups excluding tert-OH is 1. The monoisotopic (exact) mass is 261 g/mol. The van der Waals surface area contributed by atoms with Crippen molar-refractivity contribution in [2.45, 2.75) is 12.5 Å². The highest BCUT2D eigenvalue weighted by atomic mass is 79.9. The average molecular weight is 262 g/mol. The third-order valence-corrected chi connectivity index (χ3v) is 2.89. The van der Waals surface area contributed by atoms with E-state index in [2.05, 4.69) is 21.2 Å². The minimum absolute atomic E-state index is 0.151. The van der Waals surface area contributed by atoms with Gasteiger partial charge in [0.1, 0.15) is 5.82 Å². The van der Waals surface area contributed by atoms with Crippen molar-refractivity contribution >= 4 is 15.9 Å². The average Bonchev–Trinajstić information content (AvgIpc) is 2.17. The second kappa shape index (κ2) is 4.38. The second-order valence-corrected chi connectivity index (χ2v) is 4.28. The molecule has 2 nitrogen and oxygen atoms in total. The molecule has 0 aromatic heterocycles. The van der Waals surface area contributed by atoms with Crippen LogP contribution in [-0.2, 0) is 5.54 Å². The topological polar surface area (TPSA) is 32.3 Å². The van der Waals surface area contributed by atoms with Crippen LogP contribution in [0.1, 0.15) is 12.5 Å². The minimum Gasteiger partial charge on any atom is -0.394 e. The van der Waals surface area contributed by atoms with Crippen LogP contribution in [0.25, 0.3) is 0 Å². The van der Waals surface area contributed by atoms with Gasteiger partial charge >= 0.3 is 0 Å². The highest BCUT2D eigenvalue weighted by molar-refractivity contribution is 9.10. The number of likely N-dealkylation sites (N-methyl/N-ethyl adjacent to an activating group) is 1. The molecular weight excluding hydrogens is 249 g/mol. The lowest BCUT2D eigenvalue weighted by Gasteiger charge is -2.27. The summed E-state index contributed by atoms with van der Waals surface area (Å²) in [7, 11) is 1.69. The van der Waals surface area contributed by atoms with E-state index in [1.807, 2.05) is 0 Å². The molecule has 1 atom stereocenters. The summed E-state index contributed by atoms with van der Waals surface area (Å²) in [6, 6.07) is 4.80. The van der Waals surface area contributed by atoms with Crippen LogP contribution in [0.5, 0.6) is 0 Å². The van der Waals surface area contributed by atoms with Crippen LogP contribution in [-0.4, -0.2) is 18.8 Å². The second-order valence-electron chi connectivity index (χ2n) is 3.36. The summed E-state index contributed by atoms with van der Waals surface area (Å²) >= 11 is 3.18. The van der Waals surface area contributed by atoms with E-state index in [1.54, 1.807) is 26.1 Å². The molecule has 4 heteroatoms. The van der Waals surface area contributed by atoms with Crippen molar-refractivity contribution in [1.29, 1.82) is 0 Å². The maximum Gasteiger partial charge on any atom is 0.129 e. The lowest BCUT2D eigenvalue weighted by atomic mass is 9.93. The molecule has 2 N–H and O–H groups in total. The number of aliphatic hydroxyl groups is 1. The Morgan fingerprint density at radius 1 is 1.57 bits per heavy atom. The van der Waals surface area contributed by atoms with E-state index in [1.165, 1.54) is 6.07 Å². The fourth-order valence-electron chi connectivity index (χ4n) is 1.24. The molecule has 0 bridgehead atoms. The van der Waals surface area contributed by atoms with E-state index in [0.29, 0.717) is 10.0 Å². The zero-order chi connectivity index (χ0) is 10.8. The molecule has 0 aliphatic heterocycles. The van der Waals surface area contributed by atoms with Crippen molar-refractivity contribution in [2.24, 2.45) is 0 Å². The van der Waals surface area contributed by atoms with Gasteiger partial charge in [-0.15, -0.1) is 0 Å². The molecule has 0 aliphatic carbocycles. The highest BCUT2D eigenvalue weighted by Gasteiger charge is 2.26. The van der Waals surface area contributed by atoms with Gasteiger partial charge in [0.2, 0.25) is 0 Å². The Kier molecular flexibility index (Phi) is 3.64. The number of nitrogens with one attached hydrogen (secondary N) is 1. The maximum atomic E-state index is 13.5. The molecule has 0 amide bonds. The van der Waals surface area contributed by atoms with Crippen LogP contribution in [0.15, 0.2) is 22.7 Å². The first-order valence-corrected chi connectivity index (χ1v) is 5.08. The van der Waals surface area contributed by atoms with Gasteiger partial charge in [0.15, 0.2) is 0 Å². The van der Waals surface area contributed by atoms with Crippen LogP contribution in [0.2, 0.25) is 0 Å². The largest absolute Gasteiger partial charge is 0.394 e. The molecule has 0 saturated carbocycles. The number of benzene rings is 1. The molecule has 78 valence electrons. The molecule has 0 spiro atoms. The Bertz CT molecular complexity index is 326. The minimum atomic E-state index is -0.731. The van der Waals surface area contributed by atoms with Crippen molar-refractivity contribution < 1.29 is 9.50 Å². The van der Waals surface area contributed by atoms with Crippen molar-refractivity contribution in [3.63, 3.8) is 0 Å². The SMILES string of the molecule is CNC(C)(CO)c1ccc(Br)cc1F. The molecule has 0 heterocycles.